The highest BCUT2D eigenvalue weighted by molar-refractivity contribution is 7.92. The normalized spacial score (nSPS) is 17.7. The largest absolute Gasteiger partial charge is 0.376 e. The zero-order valence-corrected chi connectivity index (χ0v) is 15.4. The number of aryl methyl sites for hydroxylation is 2. The predicted octanol–water partition coefficient (Wildman–Crippen LogP) is 1.75. The number of sulfonamides is 1. The van der Waals surface area contributed by atoms with Crippen LogP contribution in [-0.2, 0) is 19.6 Å². The second kappa shape index (κ2) is 7.98. The molecule has 1 amide bonds. The van der Waals surface area contributed by atoms with Gasteiger partial charge in [-0.2, -0.15) is 0 Å². The molecule has 1 heterocycles. The van der Waals surface area contributed by atoms with E-state index in [1.807, 2.05) is 32.0 Å². The molecule has 1 aromatic carbocycles. The summed E-state index contributed by atoms with van der Waals surface area (Å²) in [5.41, 5.74) is 2.41. The number of hydrogen-bond acceptors (Lipinski definition) is 4. The Morgan fingerprint density at radius 2 is 2.00 bits per heavy atom. The molecule has 1 aliphatic heterocycles. The molecule has 1 saturated heterocycles. The van der Waals surface area contributed by atoms with Crippen LogP contribution in [0.5, 0.6) is 0 Å². The minimum Gasteiger partial charge on any atom is -0.376 e. The summed E-state index contributed by atoms with van der Waals surface area (Å²) in [5.74, 6) is -0.162. The van der Waals surface area contributed by atoms with E-state index in [4.69, 9.17) is 4.74 Å². The van der Waals surface area contributed by atoms with Crippen molar-refractivity contribution in [2.75, 3.05) is 30.3 Å². The van der Waals surface area contributed by atoms with Gasteiger partial charge >= 0.3 is 0 Å². The molecule has 1 unspecified atom stereocenters. The number of benzene rings is 1. The molecule has 134 valence electrons. The molecule has 7 heteroatoms. The molecular formula is C17H26N2O4S. The lowest BCUT2D eigenvalue weighted by Gasteiger charge is -2.25. The summed E-state index contributed by atoms with van der Waals surface area (Å²) in [7, 11) is -3.46. The number of anilines is 1. The van der Waals surface area contributed by atoms with Crippen LogP contribution in [0.25, 0.3) is 0 Å². The van der Waals surface area contributed by atoms with E-state index in [0.29, 0.717) is 12.2 Å². The van der Waals surface area contributed by atoms with Gasteiger partial charge in [-0.25, -0.2) is 8.42 Å². The SMILES string of the molecule is Cc1cccc(C)c1N(CCC(=O)NCC1CCCO1)S(C)(=O)=O. The average molecular weight is 354 g/mol. The molecule has 1 aromatic rings. The molecule has 1 atom stereocenters. The van der Waals surface area contributed by atoms with Crippen LogP contribution in [-0.4, -0.2) is 46.4 Å². The minimum atomic E-state index is -3.46. The van der Waals surface area contributed by atoms with Crippen LogP contribution < -0.4 is 9.62 Å². The molecule has 0 saturated carbocycles. The Morgan fingerprint density at radius 1 is 1.33 bits per heavy atom. The number of amides is 1. The van der Waals surface area contributed by atoms with Crippen molar-refractivity contribution in [2.24, 2.45) is 0 Å². The number of hydrogen-bond donors (Lipinski definition) is 1. The Morgan fingerprint density at radius 3 is 2.54 bits per heavy atom. The lowest BCUT2D eigenvalue weighted by Crippen LogP contribution is -2.37. The van der Waals surface area contributed by atoms with Gasteiger partial charge in [-0.15, -0.1) is 0 Å². The first kappa shape index (κ1) is 18.7. The smallest absolute Gasteiger partial charge is 0.232 e. The average Bonchev–Trinajstić information content (AvgIpc) is 3.00. The van der Waals surface area contributed by atoms with Gasteiger partial charge in [0.2, 0.25) is 15.9 Å². The Balaban J connectivity index is 2.01. The lowest BCUT2D eigenvalue weighted by molar-refractivity contribution is -0.121. The quantitative estimate of drug-likeness (QED) is 0.809. The fourth-order valence-corrected chi connectivity index (χ4v) is 4.01. The molecule has 0 spiro atoms. The van der Waals surface area contributed by atoms with E-state index in [0.717, 1.165) is 30.6 Å². The zero-order valence-electron chi connectivity index (χ0n) is 14.5. The number of carbonyl (C=O) groups excluding carboxylic acids is 1. The van der Waals surface area contributed by atoms with Crippen molar-refractivity contribution in [3.05, 3.63) is 29.3 Å². The molecule has 2 rings (SSSR count). The van der Waals surface area contributed by atoms with Crippen molar-refractivity contribution in [2.45, 2.75) is 39.2 Å². The van der Waals surface area contributed by atoms with E-state index in [1.165, 1.54) is 10.6 Å². The van der Waals surface area contributed by atoms with E-state index < -0.39 is 10.0 Å². The van der Waals surface area contributed by atoms with E-state index in [9.17, 15) is 13.2 Å². The fraction of sp³-hybridized carbons (Fsp3) is 0.588. The standard InChI is InChI=1S/C17H26N2O4S/c1-13-6-4-7-14(2)17(13)19(24(3,21)22)10-9-16(20)18-12-15-8-5-11-23-15/h4,6-7,15H,5,8-12H2,1-3H3,(H,18,20). The molecule has 0 radical (unpaired) electrons. The van der Waals surface area contributed by atoms with Crippen LogP contribution in [0.2, 0.25) is 0 Å². The molecule has 1 N–H and O–H groups in total. The maximum Gasteiger partial charge on any atom is 0.232 e. The number of nitrogens with zero attached hydrogens (tertiary/aromatic N) is 1. The number of para-hydroxylation sites is 1. The first-order chi connectivity index (χ1) is 11.3. The van der Waals surface area contributed by atoms with Gasteiger partial charge in [-0.3, -0.25) is 9.10 Å². The molecule has 6 nitrogen and oxygen atoms in total. The number of carbonyl (C=O) groups is 1. The molecule has 1 fully saturated rings. The summed E-state index contributed by atoms with van der Waals surface area (Å²) in [6, 6.07) is 5.64. The second-order valence-corrected chi connectivity index (χ2v) is 8.17. The van der Waals surface area contributed by atoms with Crippen LogP contribution in [0, 0.1) is 13.8 Å². The number of rotatable bonds is 7. The Hall–Kier alpha value is -1.60. The molecule has 24 heavy (non-hydrogen) atoms. The summed E-state index contributed by atoms with van der Waals surface area (Å²) in [6.45, 7) is 5.11. The Labute approximate surface area is 144 Å². The summed E-state index contributed by atoms with van der Waals surface area (Å²) in [4.78, 5) is 12.0. The van der Waals surface area contributed by atoms with Gasteiger partial charge in [0, 0.05) is 26.1 Å². The predicted molar refractivity (Wildman–Crippen MR) is 94.7 cm³/mol. The van der Waals surface area contributed by atoms with Crippen molar-refractivity contribution >= 4 is 21.6 Å². The third kappa shape index (κ3) is 4.95. The van der Waals surface area contributed by atoms with Crippen LogP contribution in [0.15, 0.2) is 18.2 Å². The molecule has 1 aliphatic rings. The third-order valence-electron chi connectivity index (χ3n) is 4.18. The van der Waals surface area contributed by atoms with Crippen molar-refractivity contribution in [1.29, 1.82) is 0 Å². The zero-order chi connectivity index (χ0) is 17.7. The topological polar surface area (TPSA) is 75.7 Å². The van der Waals surface area contributed by atoms with Gasteiger partial charge in [0.05, 0.1) is 18.0 Å². The van der Waals surface area contributed by atoms with Crippen molar-refractivity contribution in [3.63, 3.8) is 0 Å². The number of nitrogens with one attached hydrogen (secondary N) is 1. The van der Waals surface area contributed by atoms with Crippen LogP contribution >= 0.6 is 0 Å². The van der Waals surface area contributed by atoms with E-state index in [1.54, 1.807) is 0 Å². The first-order valence-corrected chi connectivity index (χ1v) is 10.1. The van der Waals surface area contributed by atoms with Crippen molar-refractivity contribution in [1.82, 2.24) is 5.32 Å². The maximum absolute atomic E-state index is 12.2. The van der Waals surface area contributed by atoms with E-state index in [2.05, 4.69) is 5.32 Å². The summed E-state index contributed by atoms with van der Waals surface area (Å²) < 4.78 is 31.2. The van der Waals surface area contributed by atoms with Gasteiger partial charge in [-0.05, 0) is 37.8 Å². The summed E-state index contributed by atoms with van der Waals surface area (Å²) >= 11 is 0. The van der Waals surface area contributed by atoms with Crippen LogP contribution in [0.3, 0.4) is 0 Å². The third-order valence-corrected chi connectivity index (χ3v) is 5.35. The molecular weight excluding hydrogens is 328 g/mol. The number of ether oxygens (including phenoxy) is 1. The highest BCUT2D eigenvalue weighted by atomic mass is 32.2. The molecule has 0 bridgehead atoms. The summed E-state index contributed by atoms with van der Waals surface area (Å²) in [6.07, 6.45) is 3.35. The van der Waals surface area contributed by atoms with E-state index in [-0.39, 0.29) is 25.0 Å². The van der Waals surface area contributed by atoms with Crippen LogP contribution in [0.4, 0.5) is 5.69 Å². The van der Waals surface area contributed by atoms with Gasteiger partial charge < -0.3 is 10.1 Å². The lowest BCUT2D eigenvalue weighted by atomic mass is 10.1. The summed E-state index contributed by atoms with van der Waals surface area (Å²) in [5, 5.41) is 2.83. The Kier molecular flexibility index (Phi) is 6.23. The fourth-order valence-electron chi connectivity index (χ4n) is 2.97. The van der Waals surface area contributed by atoms with Crippen molar-refractivity contribution < 1.29 is 17.9 Å². The van der Waals surface area contributed by atoms with E-state index >= 15 is 0 Å². The van der Waals surface area contributed by atoms with Gasteiger partial charge in [0.1, 0.15) is 0 Å². The second-order valence-electron chi connectivity index (χ2n) is 6.26. The van der Waals surface area contributed by atoms with Gasteiger partial charge in [0.25, 0.3) is 0 Å². The van der Waals surface area contributed by atoms with Crippen molar-refractivity contribution in [3.8, 4) is 0 Å². The first-order valence-electron chi connectivity index (χ1n) is 8.21. The molecule has 0 aliphatic carbocycles. The monoisotopic (exact) mass is 354 g/mol. The highest BCUT2D eigenvalue weighted by Crippen LogP contribution is 2.26. The van der Waals surface area contributed by atoms with Gasteiger partial charge in [-0.1, -0.05) is 18.2 Å². The highest BCUT2D eigenvalue weighted by Gasteiger charge is 2.22. The van der Waals surface area contributed by atoms with Gasteiger partial charge in [0.15, 0.2) is 0 Å². The molecule has 0 aromatic heterocycles. The van der Waals surface area contributed by atoms with Crippen LogP contribution in [0.1, 0.15) is 30.4 Å². The minimum absolute atomic E-state index is 0.0820. The Bertz CT molecular complexity index is 662. The maximum atomic E-state index is 12.2.